The van der Waals surface area contributed by atoms with E-state index in [1.165, 1.54) is 10.5 Å². The number of rotatable bonds is 10. The number of methoxy groups -OCH3 is 1. The maximum Gasteiger partial charge on any atom is 0.243 e. The van der Waals surface area contributed by atoms with E-state index in [0.29, 0.717) is 12.6 Å². The summed E-state index contributed by atoms with van der Waals surface area (Å²) in [6, 6.07) is 6.01. The molecule has 1 rings (SSSR count). The first-order valence-electron chi connectivity index (χ1n) is 9.03. The van der Waals surface area contributed by atoms with E-state index in [2.05, 4.69) is 21.7 Å². The Morgan fingerprint density at radius 2 is 1.96 bits per heavy atom. The zero-order chi connectivity index (χ0) is 19.4. The monoisotopic (exact) mass is 364 g/mol. The molecule has 2 N–H and O–H groups in total. The molecule has 7 heteroatoms. The molecule has 0 bridgehead atoms. The minimum Gasteiger partial charge on any atom is -0.493 e. The van der Waals surface area contributed by atoms with Gasteiger partial charge in [0.2, 0.25) is 5.91 Å². The highest BCUT2D eigenvalue weighted by atomic mass is 16.5. The number of carbonyl (C=O) groups excluding carboxylic acids is 1. The van der Waals surface area contributed by atoms with Crippen LogP contribution in [0.4, 0.5) is 0 Å². The van der Waals surface area contributed by atoms with Crippen molar-refractivity contribution in [3.05, 3.63) is 23.8 Å². The van der Waals surface area contributed by atoms with Gasteiger partial charge >= 0.3 is 0 Å². The molecule has 0 aliphatic heterocycles. The molecule has 146 valence electrons. The van der Waals surface area contributed by atoms with E-state index in [-0.39, 0.29) is 12.5 Å². The molecule has 0 saturated heterocycles. The second kappa shape index (κ2) is 12.0. The van der Waals surface area contributed by atoms with Crippen LogP contribution in [0.25, 0.3) is 0 Å². The predicted octanol–water partition coefficient (Wildman–Crippen LogP) is 1.67. The lowest BCUT2D eigenvalue weighted by molar-refractivity contribution is -0.127. The smallest absolute Gasteiger partial charge is 0.243 e. The number of benzene rings is 1. The van der Waals surface area contributed by atoms with Crippen molar-refractivity contribution in [1.29, 1.82) is 0 Å². The van der Waals surface area contributed by atoms with Gasteiger partial charge in [-0.1, -0.05) is 6.07 Å². The van der Waals surface area contributed by atoms with Crippen LogP contribution in [0.1, 0.15) is 25.8 Å². The molecule has 26 heavy (non-hydrogen) atoms. The Balaban J connectivity index is 2.51. The third kappa shape index (κ3) is 7.63. The Kier molecular flexibility index (Phi) is 9.97. The lowest BCUT2D eigenvalue weighted by Crippen LogP contribution is -2.39. The number of aliphatic imine (C=N–C) groups is 1. The van der Waals surface area contributed by atoms with Gasteiger partial charge in [0, 0.05) is 27.2 Å². The summed E-state index contributed by atoms with van der Waals surface area (Å²) in [6.45, 7) is 6.21. The highest BCUT2D eigenvalue weighted by molar-refractivity contribution is 5.84. The van der Waals surface area contributed by atoms with Crippen LogP contribution >= 0.6 is 0 Å². The molecule has 0 aliphatic carbocycles. The number of amides is 1. The summed E-state index contributed by atoms with van der Waals surface area (Å²) in [5, 5.41) is 6.41. The van der Waals surface area contributed by atoms with Gasteiger partial charge in [-0.05, 0) is 44.4 Å². The standard InChI is InChI=1S/C19H32N4O3/c1-6-20-19(22-14-18(24)23(3)4)21-12-8-9-15-10-11-16(25-5)17(13-15)26-7-2/h10-11,13H,6-9,12,14H2,1-5H3,(H2,20,21,22). The van der Waals surface area contributed by atoms with Crippen LogP contribution in [-0.2, 0) is 11.2 Å². The summed E-state index contributed by atoms with van der Waals surface area (Å²) in [7, 11) is 5.09. The van der Waals surface area contributed by atoms with Crippen molar-refractivity contribution < 1.29 is 14.3 Å². The van der Waals surface area contributed by atoms with Crippen LogP contribution in [0.15, 0.2) is 23.2 Å². The van der Waals surface area contributed by atoms with Crippen LogP contribution in [0.5, 0.6) is 11.5 Å². The summed E-state index contributed by atoms with van der Waals surface area (Å²) in [4.78, 5) is 17.5. The maximum atomic E-state index is 11.6. The van der Waals surface area contributed by atoms with Crippen molar-refractivity contribution in [2.75, 3.05) is 47.4 Å². The Bertz CT molecular complexity index is 588. The molecule has 1 aromatic carbocycles. The summed E-state index contributed by atoms with van der Waals surface area (Å²) in [5.41, 5.74) is 1.20. The number of carbonyl (C=O) groups is 1. The molecule has 0 aromatic heterocycles. The number of nitrogens with one attached hydrogen (secondary N) is 2. The van der Waals surface area contributed by atoms with Gasteiger partial charge in [0.15, 0.2) is 17.5 Å². The van der Waals surface area contributed by atoms with Gasteiger partial charge in [0.1, 0.15) is 6.54 Å². The van der Waals surface area contributed by atoms with Gasteiger partial charge in [-0.2, -0.15) is 0 Å². The quantitative estimate of drug-likeness (QED) is 0.375. The Morgan fingerprint density at radius 1 is 1.19 bits per heavy atom. The number of hydrogen-bond donors (Lipinski definition) is 2. The van der Waals surface area contributed by atoms with E-state index in [1.807, 2.05) is 26.0 Å². The topological polar surface area (TPSA) is 75.2 Å². The van der Waals surface area contributed by atoms with Crippen molar-refractivity contribution >= 4 is 11.9 Å². The molecular formula is C19H32N4O3. The Morgan fingerprint density at radius 3 is 2.58 bits per heavy atom. The van der Waals surface area contributed by atoms with Crippen molar-refractivity contribution in [3.63, 3.8) is 0 Å². The number of ether oxygens (including phenoxy) is 2. The highest BCUT2D eigenvalue weighted by Gasteiger charge is 2.06. The van der Waals surface area contributed by atoms with E-state index >= 15 is 0 Å². The second-order valence-electron chi connectivity index (χ2n) is 5.93. The third-order valence-electron chi connectivity index (χ3n) is 3.68. The molecular weight excluding hydrogens is 332 g/mol. The van der Waals surface area contributed by atoms with Gasteiger partial charge in [-0.3, -0.25) is 4.79 Å². The summed E-state index contributed by atoms with van der Waals surface area (Å²) >= 11 is 0. The number of aryl methyl sites for hydroxylation is 1. The van der Waals surface area contributed by atoms with Gasteiger partial charge < -0.3 is 25.0 Å². The first-order chi connectivity index (χ1) is 12.5. The molecule has 0 heterocycles. The molecule has 0 atom stereocenters. The number of hydrogen-bond acceptors (Lipinski definition) is 4. The van der Waals surface area contributed by atoms with E-state index in [9.17, 15) is 4.79 Å². The van der Waals surface area contributed by atoms with Crippen LogP contribution in [0.2, 0.25) is 0 Å². The average Bonchev–Trinajstić information content (AvgIpc) is 2.63. The van der Waals surface area contributed by atoms with Crippen LogP contribution in [0.3, 0.4) is 0 Å². The van der Waals surface area contributed by atoms with E-state index < -0.39 is 0 Å². The molecule has 0 spiro atoms. The lowest BCUT2D eigenvalue weighted by atomic mass is 10.1. The van der Waals surface area contributed by atoms with Gasteiger partial charge in [0.05, 0.1) is 13.7 Å². The molecule has 0 unspecified atom stereocenters. The summed E-state index contributed by atoms with van der Waals surface area (Å²) < 4.78 is 10.9. The average molecular weight is 364 g/mol. The van der Waals surface area contributed by atoms with Crippen molar-refractivity contribution in [2.45, 2.75) is 26.7 Å². The first-order valence-corrected chi connectivity index (χ1v) is 9.03. The molecule has 0 saturated carbocycles. The third-order valence-corrected chi connectivity index (χ3v) is 3.68. The molecule has 1 amide bonds. The molecule has 7 nitrogen and oxygen atoms in total. The predicted molar refractivity (Wildman–Crippen MR) is 105 cm³/mol. The normalized spacial score (nSPS) is 11.0. The van der Waals surface area contributed by atoms with Crippen LogP contribution < -0.4 is 20.1 Å². The Hall–Kier alpha value is -2.44. The van der Waals surface area contributed by atoms with Crippen molar-refractivity contribution in [2.24, 2.45) is 4.99 Å². The summed E-state index contributed by atoms with van der Waals surface area (Å²) in [5.74, 6) is 2.16. The maximum absolute atomic E-state index is 11.6. The lowest BCUT2D eigenvalue weighted by Gasteiger charge is -2.13. The zero-order valence-corrected chi connectivity index (χ0v) is 16.6. The Labute approximate surface area is 156 Å². The number of nitrogens with zero attached hydrogens (tertiary/aromatic N) is 2. The minimum atomic E-state index is -0.0242. The van der Waals surface area contributed by atoms with Gasteiger partial charge in [-0.15, -0.1) is 0 Å². The van der Waals surface area contributed by atoms with Gasteiger partial charge in [-0.25, -0.2) is 4.99 Å². The zero-order valence-electron chi connectivity index (χ0n) is 16.6. The van der Waals surface area contributed by atoms with Gasteiger partial charge in [0.25, 0.3) is 0 Å². The molecule has 0 fully saturated rings. The number of guanidine groups is 1. The fraction of sp³-hybridized carbons (Fsp3) is 0.579. The molecule has 0 aliphatic rings. The summed E-state index contributed by atoms with van der Waals surface area (Å²) in [6.07, 6.45) is 1.84. The fourth-order valence-electron chi connectivity index (χ4n) is 2.27. The van der Waals surface area contributed by atoms with E-state index in [0.717, 1.165) is 37.4 Å². The first kappa shape index (κ1) is 21.6. The fourth-order valence-corrected chi connectivity index (χ4v) is 2.27. The SMILES string of the molecule is CCNC(=NCC(=O)N(C)C)NCCCc1ccc(OC)c(OCC)c1. The van der Waals surface area contributed by atoms with E-state index in [1.54, 1.807) is 21.2 Å². The number of likely N-dealkylation sites (N-methyl/N-ethyl adjacent to an activating group) is 1. The van der Waals surface area contributed by atoms with Crippen LogP contribution in [-0.4, -0.2) is 64.2 Å². The highest BCUT2D eigenvalue weighted by Crippen LogP contribution is 2.28. The minimum absolute atomic E-state index is 0.0242. The molecule has 1 aromatic rings. The van der Waals surface area contributed by atoms with E-state index in [4.69, 9.17) is 9.47 Å². The van der Waals surface area contributed by atoms with Crippen molar-refractivity contribution in [1.82, 2.24) is 15.5 Å². The van der Waals surface area contributed by atoms with Crippen molar-refractivity contribution in [3.8, 4) is 11.5 Å². The largest absolute Gasteiger partial charge is 0.493 e. The second-order valence-corrected chi connectivity index (χ2v) is 5.93. The molecule has 0 radical (unpaired) electrons. The van der Waals surface area contributed by atoms with Crippen LogP contribution in [0, 0.1) is 0 Å².